The van der Waals surface area contributed by atoms with E-state index in [1.54, 1.807) is 11.8 Å². The van der Waals surface area contributed by atoms with Gasteiger partial charge in [0.1, 0.15) is 4.32 Å². The van der Waals surface area contributed by atoms with Crippen molar-refractivity contribution in [3.63, 3.8) is 0 Å². The molecular weight excluding hydrogens is 242 g/mol. The van der Waals surface area contributed by atoms with Crippen LogP contribution in [0.3, 0.4) is 0 Å². The Morgan fingerprint density at radius 1 is 1.40 bits per heavy atom. The first kappa shape index (κ1) is 11.3. The maximum absolute atomic E-state index is 5.39. The van der Waals surface area contributed by atoms with Crippen molar-refractivity contribution in [3.05, 3.63) is 35.9 Å². The molecule has 1 heterocycles. The van der Waals surface area contributed by atoms with Crippen LogP contribution in [0.25, 0.3) is 0 Å². The van der Waals surface area contributed by atoms with E-state index in [1.807, 2.05) is 17.8 Å². The van der Waals surface area contributed by atoms with Crippen molar-refractivity contribution in [2.45, 2.75) is 5.75 Å². The summed E-state index contributed by atoms with van der Waals surface area (Å²) < 4.78 is 1.05. The van der Waals surface area contributed by atoms with Crippen molar-refractivity contribution in [3.8, 4) is 0 Å². The third-order valence-corrected chi connectivity index (χ3v) is 4.78. The number of thiocarbonyl (C=S) groups is 1. The molecule has 0 aliphatic carbocycles. The van der Waals surface area contributed by atoms with Crippen LogP contribution in [-0.4, -0.2) is 27.4 Å². The second-order valence-electron chi connectivity index (χ2n) is 3.34. The van der Waals surface area contributed by atoms with Crippen LogP contribution in [0.1, 0.15) is 5.56 Å². The Balaban J connectivity index is 1.80. The van der Waals surface area contributed by atoms with Crippen LogP contribution in [-0.2, 0) is 5.75 Å². The summed E-state index contributed by atoms with van der Waals surface area (Å²) in [5, 5.41) is 0. The van der Waals surface area contributed by atoms with Crippen LogP contribution in [0.2, 0.25) is 0 Å². The quantitative estimate of drug-likeness (QED) is 0.746. The standard InChI is InChI=1S/C11H13NS3/c13-11(12-6-7-14-9-12)15-8-10-4-2-1-3-5-10/h1-5H,6-9H2. The van der Waals surface area contributed by atoms with E-state index in [2.05, 4.69) is 29.2 Å². The summed E-state index contributed by atoms with van der Waals surface area (Å²) in [7, 11) is 0. The molecule has 0 aromatic heterocycles. The van der Waals surface area contributed by atoms with E-state index >= 15 is 0 Å². The van der Waals surface area contributed by atoms with Crippen LogP contribution in [0.15, 0.2) is 30.3 Å². The first-order valence-corrected chi connectivity index (χ1v) is 7.44. The van der Waals surface area contributed by atoms with Gasteiger partial charge >= 0.3 is 0 Å². The molecule has 0 bridgehead atoms. The molecule has 0 atom stereocenters. The molecule has 0 spiro atoms. The van der Waals surface area contributed by atoms with Crippen LogP contribution < -0.4 is 0 Å². The predicted octanol–water partition coefficient (Wildman–Crippen LogP) is 3.21. The lowest BCUT2D eigenvalue weighted by molar-refractivity contribution is 0.563. The summed E-state index contributed by atoms with van der Waals surface area (Å²) in [6.45, 7) is 1.12. The van der Waals surface area contributed by atoms with Gasteiger partial charge in [0.05, 0.1) is 5.88 Å². The molecule has 1 aromatic rings. The topological polar surface area (TPSA) is 3.24 Å². The molecule has 1 saturated heterocycles. The van der Waals surface area contributed by atoms with Gasteiger partial charge in [-0.15, -0.1) is 11.8 Å². The minimum atomic E-state index is 0.987. The fraction of sp³-hybridized carbons (Fsp3) is 0.364. The SMILES string of the molecule is S=C(SCc1ccccc1)N1CCSC1. The Kier molecular flexibility index (Phi) is 4.35. The fourth-order valence-electron chi connectivity index (χ4n) is 1.37. The van der Waals surface area contributed by atoms with Crippen LogP contribution in [0.5, 0.6) is 0 Å². The molecule has 0 radical (unpaired) electrons. The van der Waals surface area contributed by atoms with E-state index in [0.29, 0.717) is 0 Å². The van der Waals surface area contributed by atoms with Gasteiger partial charge in [-0.2, -0.15) is 0 Å². The van der Waals surface area contributed by atoms with Gasteiger partial charge in [-0.25, -0.2) is 0 Å². The van der Waals surface area contributed by atoms with Gasteiger partial charge in [0.25, 0.3) is 0 Å². The first-order valence-electron chi connectivity index (χ1n) is 4.89. The van der Waals surface area contributed by atoms with E-state index in [-0.39, 0.29) is 0 Å². The van der Waals surface area contributed by atoms with Gasteiger partial charge in [0.15, 0.2) is 0 Å². The van der Waals surface area contributed by atoms with Crippen molar-refractivity contribution in [2.24, 2.45) is 0 Å². The Bertz CT molecular complexity index is 320. The average molecular weight is 255 g/mol. The molecular formula is C11H13NS3. The summed E-state index contributed by atoms with van der Waals surface area (Å²) in [4.78, 5) is 2.29. The lowest BCUT2D eigenvalue weighted by Gasteiger charge is -2.16. The van der Waals surface area contributed by atoms with E-state index in [0.717, 1.165) is 22.5 Å². The fourth-order valence-corrected chi connectivity index (χ4v) is 3.64. The van der Waals surface area contributed by atoms with Crippen molar-refractivity contribution < 1.29 is 0 Å². The Morgan fingerprint density at radius 3 is 2.87 bits per heavy atom. The minimum Gasteiger partial charge on any atom is -0.347 e. The van der Waals surface area contributed by atoms with Gasteiger partial charge in [-0.3, -0.25) is 0 Å². The smallest absolute Gasteiger partial charge is 0.137 e. The third-order valence-electron chi connectivity index (χ3n) is 2.22. The van der Waals surface area contributed by atoms with E-state index < -0.39 is 0 Å². The minimum absolute atomic E-state index is 0.987. The molecule has 0 saturated carbocycles. The zero-order chi connectivity index (χ0) is 10.5. The molecule has 0 amide bonds. The molecule has 1 aromatic carbocycles. The van der Waals surface area contributed by atoms with Crippen molar-refractivity contribution in [1.29, 1.82) is 0 Å². The second kappa shape index (κ2) is 5.77. The maximum Gasteiger partial charge on any atom is 0.137 e. The van der Waals surface area contributed by atoms with E-state index in [1.165, 1.54) is 11.3 Å². The van der Waals surface area contributed by atoms with E-state index in [4.69, 9.17) is 12.2 Å². The van der Waals surface area contributed by atoms with Gasteiger partial charge in [-0.1, -0.05) is 54.3 Å². The lowest BCUT2D eigenvalue weighted by atomic mass is 10.2. The molecule has 1 nitrogen and oxygen atoms in total. The molecule has 80 valence electrons. The van der Waals surface area contributed by atoms with Crippen LogP contribution in [0, 0.1) is 0 Å². The third kappa shape index (κ3) is 3.40. The summed E-state index contributed by atoms with van der Waals surface area (Å²) >= 11 is 9.12. The zero-order valence-electron chi connectivity index (χ0n) is 8.39. The summed E-state index contributed by atoms with van der Waals surface area (Å²) in [5.74, 6) is 3.27. The Labute approximate surface area is 105 Å². The highest BCUT2D eigenvalue weighted by molar-refractivity contribution is 8.22. The van der Waals surface area contributed by atoms with Gasteiger partial charge in [0.2, 0.25) is 0 Å². The highest BCUT2D eigenvalue weighted by Gasteiger charge is 2.15. The highest BCUT2D eigenvalue weighted by atomic mass is 32.2. The number of nitrogens with zero attached hydrogens (tertiary/aromatic N) is 1. The summed E-state index contributed by atoms with van der Waals surface area (Å²) in [5.41, 5.74) is 1.34. The average Bonchev–Trinajstić information content (AvgIpc) is 2.81. The summed E-state index contributed by atoms with van der Waals surface area (Å²) in [6.07, 6.45) is 0. The molecule has 15 heavy (non-hydrogen) atoms. The predicted molar refractivity (Wildman–Crippen MR) is 74.4 cm³/mol. The lowest BCUT2D eigenvalue weighted by Crippen LogP contribution is -2.23. The Morgan fingerprint density at radius 2 is 2.20 bits per heavy atom. The molecule has 2 rings (SSSR count). The van der Waals surface area contributed by atoms with Crippen LogP contribution in [0.4, 0.5) is 0 Å². The van der Waals surface area contributed by atoms with Gasteiger partial charge in [0, 0.05) is 18.1 Å². The van der Waals surface area contributed by atoms with Crippen molar-refractivity contribution in [2.75, 3.05) is 18.2 Å². The highest BCUT2D eigenvalue weighted by Crippen LogP contribution is 2.21. The largest absolute Gasteiger partial charge is 0.347 e. The number of hydrogen-bond acceptors (Lipinski definition) is 3. The molecule has 1 aliphatic heterocycles. The number of thioether (sulfide) groups is 2. The second-order valence-corrected chi connectivity index (χ2v) is 6.02. The maximum atomic E-state index is 5.39. The number of hydrogen-bond donors (Lipinski definition) is 0. The van der Waals surface area contributed by atoms with Crippen molar-refractivity contribution >= 4 is 40.1 Å². The molecule has 4 heteroatoms. The first-order chi connectivity index (χ1) is 7.36. The van der Waals surface area contributed by atoms with Gasteiger partial charge < -0.3 is 4.90 Å². The zero-order valence-corrected chi connectivity index (χ0v) is 10.8. The normalized spacial score (nSPS) is 15.6. The van der Waals surface area contributed by atoms with Crippen molar-refractivity contribution in [1.82, 2.24) is 4.90 Å². The molecule has 0 N–H and O–H groups in total. The number of rotatable bonds is 2. The van der Waals surface area contributed by atoms with Crippen LogP contribution >= 0.6 is 35.7 Å². The molecule has 0 unspecified atom stereocenters. The summed E-state index contributed by atoms with van der Waals surface area (Å²) in [6, 6.07) is 10.5. The molecule has 1 aliphatic rings. The van der Waals surface area contributed by atoms with Gasteiger partial charge in [-0.05, 0) is 5.56 Å². The Hall–Kier alpha value is -0.190. The number of benzene rings is 1. The van der Waals surface area contributed by atoms with E-state index in [9.17, 15) is 0 Å². The molecule has 1 fully saturated rings. The monoisotopic (exact) mass is 255 g/mol.